The minimum absolute atomic E-state index is 0.118. The van der Waals surface area contributed by atoms with Gasteiger partial charge in [0, 0.05) is 23.1 Å². The summed E-state index contributed by atoms with van der Waals surface area (Å²) in [5, 5.41) is 6.40. The van der Waals surface area contributed by atoms with E-state index in [0.717, 1.165) is 29.2 Å². The molecule has 0 amide bonds. The molecule has 1 unspecified atom stereocenters. The molecule has 2 aromatic rings. The molecule has 1 N–H and O–H groups in total. The molecule has 0 fully saturated rings. The summed E-state index contributed by atoms with van der Waals surface area (Å²) in [5.74, 6) is 0.291. The number of rotatable bonds is 7. The number of nitrogens with zero attached hydrogens (tertiary/aromatic N) is 1. The number of aryl methyl sites for hydroxylation is 1. The third kappa shape index (κ3) is 4.25. The van der Waals surface area contributed by atoms with Gasteiger partial charge in [0.15, 0.2) is 0 Å². The van der Waals surface area contributed by atoms with Crippen LogP contribution in [0.5, 0.6) is 5.75 Å². The molecule has 2 rings (SSSR count). The second kappa shape index (κ2) is 7.52. The number of hydrogen-bond acceptors (Lipinski definition) is 4. The highest BCUT2D eigenvalue weighted by molar-refractivity contribution is 7.09. The normalized spacial score (nSPS) is 12.4. The third-order valence-electron chi connectivity index (χ3n) is 3.23. The Kier molecular flexibility index (Phi) is 5.70. The van der Waals surface area contributed by atoms with Crippen molar-refractivity contribution in [3.8, 4) is 5.75 Å². The zero-order valence-electron chi connectivity index (χ0n) is 12.6. The van der Waals surface area contributed by atoms with Crippen LogP contribution >= 0.6 is 11.3 Å². The molecule has 1 aromatic heterocycles. The number of aromatic nitrogens is 1. The Balaban J connectivity index is 2.12. The first-order chi connectivity index (χ1) is 10.1. The lowest BCUT2D eigenvalue weighted by molar-refractivity contribution is 0.294. The van der Waals surface area contributed by atoms with E-state index in [2.05, 4.69) is 17.2 Å². The number of hydrogen-bond donors (Lipinski definition) is 1. The predicted molar refractivity (Wildman–Crippen MR) is 84.3 cm³/mol. The van der Waals surface area contributed by atoms with Crippen LogP contribution in [0, 0.1) is 5.82 Å². The standard InChI is InChI=1S/C16H21FN2OS/c1-4-16-19-13(10-21-16)9-20-15-8-12(17)6-7-14(15)11(3)18-5-2/h6-8,10-11,18H,4-5,9H2,1-3H3. The number of halogens is 1. The minimum atomic E-state index is -0.287. The number of benzene rings is 1. The first-order valence-corrected chi connectivity index (χ1v) is 8.10. The second-order valence-corrected chi connectivity index (χ2v) is 5.78. The van der Waals surface area contributed by atoms with Gasteiger partial charge in [-0.3, -0.25) is 0 Å². The Hall–Kier alpha value is -1.46. The molecule has 0 saturated carbocycles. The van der Waals surface area contributed by atoms with Crippen LogP contribution < -0.4 is 10.1 Å². The lowest BCUT2D eigenvalue weighted by Gasteiger charge is -2.17. The summed E-state index contributed by atoms with van der Waals surface area (Å²) in [4.78, 5) is 4.46. The molecule has 1 heterocycles. The maximum atomic E-state index is 13.5. The fourth-order valence-electron chi connectivity index (χ4n) is 2.14. The van der Waals surface area contributed by atoms with E-state index in [1.165, 1.54) is 12.1 Å². The summed E-state index contributed by atoms with van der Waals surface area (Å²) in [6.45, 7) is 7.38. The van der Waals surface area contributed by atoms with Crippen molar-refractivity contribution in [2.45, 2.75) is 39.8 Å². The van der Waals surface area contributed by atoms with Gasteiger partial charge in [-0.2, -0.15) is 0 Å². The second-order valence-electron chi connectivity index (χ2n) is 4.84. The van der Waals surface area contributed by atoms with Crippen LogP contribution in [0.25, 0.3) is 0 Å². The van der Waals surface area contributed by atoms with Crippen molar-refractivity contribution in [1.29, 1.82) is 0 Å². The first kappa shape index (κ1) is 15.9. The molecule has 0 aliphatic carbocycles. The molecule has 5 heteroatoms. The van der Waals surface area contributed by atoms with Crippen LogP contribution in [0.4, 0.5) is 4.39 Å². The summed E-state index contributed by atoms with van der Waals surface area (Å²) < 4.78 is 19.3. The Morgan fingerprint density at radius 1 is 1.38 bits per heavy atom. The molecule has 0 aliphatic rings. The highest BCUT2D eigenvalue weighted by atomic mass is 32.1. The quantitative estimate of drug-likeness (QED) is 0.836. The van der Waals surface area contributed by atoms with E-state index in [-0.39, 0.29) is 11.9 Å². The maximum Gasteiger partial charge on any atom is 0.131 e. The Morgan fingerprint density at radius 3 is 2.86 bits per heavy atom. The molecule has 0 bridgehead atoms. The van der Waals surface area contributed by atoms with Gasteiger partial charge in [0.25, 0.3) is 0 Å². The molecule has 0 radical (unpaired) electrons. The fraction of sp³-hybridized carbons (Fsp3) is 0.438. The van der Waals surface area contributed by atoms with Gasteiger partial charge in [-0.15, -0.1) is 11.3 Å². The highest BCUT2D eigenvalue weighted by Gasteiger charge is 2.12. The maximum absolute atomic E-state index is 13.5. The van der Waals surface area contributed by atoms with Crippen LogP contribution in [0.1, 0.15) is 43.1 Å². The monoisotopic (exact) mass is 308 g/mol. The van der Waals surface area contributed by atoms with Crippen LogP contribution in [-0.4, -0.2) is 11.5 Å². The molecule has 21 heavy (non-hydrogen) atoms. The molecule has 0 aliphatic heterocycles. The van der Waals surface area contributed by atoms with E-state index < -0.39 is 0 Å². The lowest BCUT2D eigenvalue weighted by Crippen LogP contribution is -2.18. The molecular weight excluding hydrogens is 287 g/mol. The lowest BCUT2D eigenvalue weighted by atomic mass is 10.1. The summed E-state index contributed by atoms with van der Waals surface area (Å²) in [6.07, 6.45) is 0.924. The minimum Gasteiger partial charge on any atom is -0.487 e. The molecule has 114 valence electrons. The summed E-state index contributed by atoms with van der Waals surface area (Å²) in [7, 11) is 0. The smallest absolute Gasteiger partial charge is 0.131 e. The SMILES string of the molecule is CCNC(C)c1ccc(F)cc1OCc1csc(CC)n1. The van der Waals surface area contributed by atoms with Crippen molar-refractivity contribution in [1.82, 2.24) is 10.3 Å². The van der Waals surface area contributed by atoms with E-state index in [0.29, 0.717) is 12.4 Å². The van der Waals surface area contributed by atoms with Crippen molar-refractivity contribution in [2.24, 2.45) is 0 Å². The van der Waals surface area contributed by atoms with Crippen LogP contribution in [0.2, 0.25) is 0 Å². The van der Waals surface area contributed by atoms with Gasteiger partial charge < -0.3 is 10.1 Å². The van der Waals surface area contributed by atoms with Crippen molar-refractivity contribution in [2.75, 3.05) is 6.54 Å². The van der Waals surface area contributed by atoms with Crippen LogP contribution in [0.3, 0.4) is 0 Å². The summed E-state index contributed by atoms with van der Waals surface area (Å²) >= 11 is 1.63. The highest BCUT2D eigenvalue weighted by Crippen LogP contribution is 2.27. The summed E-state index contributed by atoms with van der Waals surface area (Å²) in [5.41, 5.74) is 1.85. The van der Waals surface area contributed by atoms with Crippen molar-refractivity contribution < 1.29 is 9.13 Å². The van der Waals surface area contributed by atoms with E-state index in [1.54, 1.807) is 17.4 Å². The largest absolute Gasteiger partial charge is 0.487 e. The zero-order valence-corrected chi connectivity index (χ0v) is 13.5. The molecule has 1 atom stereocenters. The van der Waals surface area contributed by atoms with E-state index in [9.17, 15) is 4.39 Å². The van der Waals surface area contributed by atoms with Crippen molar-refractivity contribution in [3.05, 3.63) is 45.7 Å². The number of nitrogens with one attached hydrogen (secondary N) is 1. The number of thiazole rings is 1. The average Bonchev–Trinajstić information content (AvgIpc) is 2.93. The van der Waals surface area contributed by atoms with Gasteiger partial charge in [-0.1, -0.05) is 19.9 Å². The average molecular weight is 308 g/mol. The zero-order chi connectivity index (χ0) is 15.2. The van der Waals surface area contributed by atoms with Crippen LogP contribution in [-0.2, 0) is 13.0 Å². The van der Waals surface area contributed by atoms with Gasteiger partial charge >= 0.3 is 0 Å². The summed E-state index contributed by atoms with van der Waals surface area (Å²) in [6, 6.07) is 4.80. The topological polar surface area (TPSA) is 34.1 Å². The van der Waals surface area contributed by atoms with Crippen molar-refractivity contribution >= 4 is 11.3 Å². The number of ether oxygens (including phenoxy) is 1. The molecule has 1 aromatic carbocycles. The Bertz CT molecular complexity index is 585. The van der Waals surface area contributed by atoms with E-state index in [1.807, 2.05) is 19.2 Å². The first-order valence-electron chi connectivity index (χ1n) is 7.23. The van der Waals surface area contributed by atoms with E-state index in [4.69, 9.17) is 4.74 Å². The van der Waals surface area contributed by atoms with Gasteiger partial charge in [0.1, 0.15) is 18.2 Å². The molecular formula is C16H21FN2OS. The van der Waals surface area contributed by atoms with Gasteiger partial charge in [-0.25, -0.2) is 9.37 Å². The molecule has 3 nitrogen and oxygen atoms in total. The Labute approximate surface area is 129 Å². The van der Waals surface area contributed by atoms with Gasteiger partial charge in [0.05, 0.1) is 10.7 Å². The van der Waals surface area contributed by atoms with Crippen molar-refractivity contribution in [3.63, 3.8) is 0 Å². The fourth-order valence-corrected chi connectivity index (χ4v) is 2.87. The van der Waals surface area contributed by atoms with Gasteiger partial charge in [-0.05, 0) is 26.0 Å². The van der Waals surface area contributed by atoms with E-state index >= 15 is 0 Å². The van der Waals surface area contributed by atoms with Gasteiger partial charge in [0.2, 0.25) is 0 Å². The molecule has 0 saturated heterocycles. The Morgan fingerprint density at radius 2 is 2.19 bits per heavy atom. The third-order valence-corrected chi connectivity index (χ3v) is 4.27. The molecule has 0 spiro atoms. The van der Waals surface area contributed by atoms with Crippen LogP contribution in [0.15, 0.2) is 23.6 Å². The predicted octanol–water partition coefficient (Wildman–Crippen LogP) is 4.09.